The lowest BCUT2D eigenvalue weighted by molar-refractivity contribution is -0.174. The van der Waals surface area contributed by atoms with Crippen LogP contribution >= 0.6 is 0 Å². The van der Waals surface area contributed by atoms with E-state index in [1.807, 2.05) is 0 Å². The largest absolute Gasteiger partial charge is 0.366 e. The van der Waals surface area contributed by atoms with E-state index >= 15 is 0 Å². The van der Waals surface area contributed by atoms with Crippen LogP contribution in [-0.2, 0) is 14.4 Å². The average Bonchev–Trinajstić information content (AvgIpc) is 3.08. The van der Waals surface area contributed by atoms with Crippen molar-refractivity contribution in [1.29, 1.82) is 0 Å². The topological polar surface area (TPSA) is 76.2 Å². The van der Waals surface area contributed by atoms with Gasteiger partial charge in [0.1, 0.15) is 0 Å². The van der Waals surface area contributed by atoms with Crippen molar-refractivity contribution >= 4 is 17.8 Å². The molecular weight excluding hydrogens is 238 g/mol. The summed E-state index contributed by atoms with van der Waals surface area (Å²) in [6.45, 7) is 1.77. The molecule has 92 valence electrons. The fourth-order valence-corrected chi connectivity index (χ4v) is 1.66. The van der Waals surface area contributed by atoms with Crippen molar-refractivity contribution in [3.63, 3.8) is 0 Å². The molecule has 0 N–H and O–H groups in total. The lowest BCUT2D eigenvalue weighted by Gasteiger charge is -2.13. The first-order chi connectivity index (χ1) is 8.53. The van der Waals surface area contributed by atoms with Crippen LogP contribution in [0.25, 0.3) is 0 Å². The number of rotatable bonds is 2. The zero-order chi connectivity index (χ0) is 12.9. The number of hydrogen-bond donors (Lipinski definition) is 0. The molecule has 1 atom stereocenters. The molecule has 2 heterocycles. The lowest BCUT2D eigenvalue weighted by Crippen LogP contribution is -2.37. The number of ether oxygens (including phenoxy) is 1. The fourth-order valence-electron chi connectivity index (χ4n) is 1.66. The Kier molecular flexibility index (Phi) is 2.06. The van der Waals surface area contributed by atoms with Gasteiger partial charge in [0.15, 0.2) is 5.60 Å². The molecule has 0 radical (unpaired) electrons. The highest BCUT2D eigenvalue weighted by molar-refractivity contribution is 6.21. The van der Waals surface area contributed by atoms with Gasteiger partial charge in [-0.3, -0.25) is 9.59 Å². The number of epoxide rings is 1. The van der Waals surface area contributed by atoms with Gasteiger partial charge in [-0.15, -0.1) is 0 Å². The van der Waals surface area contributed by atoms with E-state index in [4.69, 9.17) is 9.57 Å². The first kappa shape index (κ1) is 10.9. The van der Waals surface area contributed by atoms with E-state index in [9.17, 15) is 14.4 Å². The fraction of sp³-hybridized carbons (Fsp3) is 0.250. The second-order valence-corrected chi connectivity index (χ2v) is 4.35. The maximum Gasteiger partial charge on any atom is 0.366 e. The van der Waals surface area contributed by atoms with E-state index in [2.05, 4.69) is 0 Å². The minimum absolute atomic E-state index is 0.231. The minimum atomic E-state index is -1.03. The molecule has 0 bridgehead atoms. The molecule has 1 fully saturated rings. The molecule has 0 spiro atoms. The highest BCUT2D eigenvalue weighted by Gasteiger charge is 2.52. The number of hydrogen-bond acceptors (Lipinski definition) is 5. The number of amides is 2. The van der Waals surface area contributed by atoms with Crippen molar-refractivity contribution in [2.24, 2.45) is 0 Å². The molecular formula is C12H9NO5. The maximum atomic E-state index is 11.9. The molecule has 2 aliphatic rings. The third kappa shape index (κ3) is 1.42. The molecule has 0 saturated carbocycles. The summed E-state index contributed by atoms with van der Waals surface area (Å²) in [6.07, 6.45) is 0. The Morgan fingerprint density at radius 3 is 2.22 bits per heavy atom. The summed E-state index contributed by atoms with van der Waals surface area (Å²) >= 11 is 0. The summed E-state index contributed by atoms with van der Waals surface area (Å²) < 4.78 is 4.89. The van der Waals surface area contributed by atoms with Crippen molar-refractivity contribution in [1.82, 2.24) is 5.06 Å². The zero-order valence-electron chi connectivity index (χ0n) is 9.50. The van der Waals surface area contributed by atoms with Gasteiger partial charge in [0.2, 0.25) is 0 Å². The smallest absolute Gasteiger partial charge is 0.357 e. The van der Waals surface area contributed by atoms with E-state index in [1.165, 1.54) is 19.1 Å². The van der Waals surface area contributed by atoms with Crippen LogP contribution in [-0.4, -0.2) is 35.1 Å². The van der Waals surface area contributed by atoms with Crippen molar-refractivity contribution in [3.8, 4) is 0 Å². The molecule has 1 saturated heterocycles. The van der Waals surface area contributed by atoms with Gasteiger partial charge < -0.3 is 9.57 Å². The van der Waals surface area contributed by atoms with E-state index < -0.39 is 23.4 Å². The summed E-state index contributed by atoms with van der Waals surface area (Å²) in [5.41, 5.74) is -0.565. The lowest BCUT2D eigenvalue weighted by atomic mass is 10.1. The molecule has 1 aromatic carbocycles. The highest BCUT2D eigenvalue weighted by atomic mass is 16.7. The first-order valence-corrected chi connectivity index (χ1v) is 5.37. The Morgan fingerprint density at radius 1 is 1.28 bits per heavy atom. The number of carbonyl (C=O) groups is 3. The van der Waals surface area contributed by atoms with Gasteiger partial charge in [0.05, 0.1) is 17.7 Å². The number of nitrogens with zero attached hydrogens (tertiary/aromatic N) is 1. The van der Waals surface area contributed by atoms with Crippen LogP contribution in [0.15, 0.2) is 24.3 Å². The third-order valence-electron chi connectivity index (χ3n) is 2.94. The number of fused-ring (bicyclic) bond motifs is 1. The van der Waals surface area contributed by atoms with Crippen LogP contribution in [0.1, 0.15) is 27.6 Å². The van der Waals surface area contributed by atoms with E-state index in [1.54, 1.807) is 12.1 Å². The molecule has 6 heteroatoms. The highest BCUT2D eigenvalue weighted by Crippen LogP contribution is 2.30. The third-order valence-corrected chi connectivity index (χ3v) is 2.94. The summed E-state index contributed by atoms with van der Waals surface area (Å²) in [4.78, 5) is 40.2. The molecule has 1 unspecified atom stereocenters. The Bertz CT molecular complexity index is 541. The second kappa shape index (κ2) is 3.39. The molecule has 1 aromatic rings. The monoisotopic (exact) mass is 247 g/mol. The first-order valence-electron chi connectivity index (χ1n) is 5.37. The molecule has 0 aromatic heterocycles. The predicted molar refractivity (Wildman–Crippen MR) is 57.4 cm³/mol. The van der Waals surface area contributed by atoms with Crippen LogP contribution in [0.5, 0.6) is 0 Å². The normalized spacial score (nSPS) is 25.1. The standard InChI is InChI=1S/C12H9NO5/c1-12(6-17-12)11(16)18-13-9(14)7-4-2-3-5-8(7)10(13)15/h2-5H,6H2,1H3. The van der Waals surface area contributed by atoms with Crippen LogP contribution in [0.4, 0.5) is 0 Å². The van der Waals surface area contributed by atoms with E-state index in [0.29, 0.717) is 5.06 Å². The van der Waals surface area contributed by atoms with E-state index in [-0.39, 0.29) is 17.7 Å². The Labute approximate surface area is 102 Å². The SMILES string of the molecule is CC1(C(=O)ON2C(=O)c3ccccc3C2=O)CO1. The predicted octanol–water partition coefficient (Wildman–Crippen LogP) is 0.530. The summed E-state index contributed by atoms with van der Waals surface area (Å²) in [7, 11) is 0. The van der Waals surface area contributed by atoms with Crippen LogP contribution in [0, 0.1) is 0 Å². The van der Waals surface area contributed by atoms with Crippen LogP contribution in [0.2, 0.25) is 0 Å². The molecule has 0 aliphatic carbocycles. The second-order valence-electron chi connectivity index (χ2n) is 4.35. The van der Waals surface area contributed by atoms with Crippen molar-refractivity contribution < 1.29 is 24.0 Å². The van der Waals surface area contributed by atoms with E-state index in [0.717, 1.165) is 0 Å². The Morgan fingerprint density at radius 2 is 1.78 bits per heavy atom. The molecule has 18 heavy (non-hydrogen) atoms. The Balaban J connectivity index is 1.86. The number of benzene rings is 1. The van der Waals surface area contributed by atoms with Crippen molar-refractivity contribution in [2.45, 2.75) is 12.5 Å². The summed E-state index contributed by atoms with van der Waals surface area (Å²) in [6, 6.07) is 6.30. The molecule has 2 amide bonds. The quantitative estimate of drug-likeness (QED) is 0.562. The van der Waals surface area contributed by atoms with Gasteiger partial charge in [-0.05, 0) is 19.1 Å². The summed E-state index contributed by atoms with van der Waals surface area (Å²) in [5.74, 6) is -2.00. The number of carbonyl (C=O) groups excluding carboxylic acids is 3. The van der Waals surface area contributed by atoms with Gasteiger partial charge in [-0.1, -0.05) is 17.2 Å². The zero-order valence-corrected chi connectivity index (χ0v) is 9.50. The van der Waals surface area contributed by atoms with Crippen LogP contribution < -0.4 is 0 Å². The number of imide groups is 1. The molecule has 3 rings (SSSR count). The van der Waals surface area contributed by atoms with Crippen molar-refractivity contribution in [2.75, 3.05) is 6.61 Å². The van der Waals surface area contributed by atoms with Crippen LogP contribution in [0.3, 0.4) is 0 Å². The van der Waals surface area contributed by atoms with Gasteiger partial charge in [0.25, 0.3) is 11.8 Å². The average molecular weight is 247 g/mol. The summed E-state index contributed by atoms with van der Waals surface area (Å²) in [5, 5.41) is 0.486. The number of hydroxylamine groups is 2. The minimum Gasteiger partial charge on any atom is -0.357 e. The van der Waals surface area contributed by atoms with Gasteiger partial charge in [0, 0.05) is 0 Å². The van der Waals surface area contributed by atoms with Gasteiger partial charge >= 0.3 is 5.97 Å². The van der Waals surface area contributed by atoms with Gasteiger partial charge in [-0.25, -0.2) is 4.79 Å². The molecule has 2 aliphatic heterocycles. The molecule has 6 nitrogen and oxygen atoms in total. The van der Waals surface area contributed by atoms with Crippen molar-refractivity contribution in [3.05, 3.63) is 35.4 Å². The Hall–Kier alpha value is -2.21. The maximum absolute atomic E-state index is 11.9. The van der Waals surface area contributed by atoms with Gasteiger partial charge in [-0.2, -0.15) is 0 Å².